The topological polar surface area (TPSA) is 51.3 Å². The van der Waals surface area contributed by atoms with E-state index in [1.54, 1.807) is 0 Å². The third-order valence-corrected chi connectivity index (χ3v) is 7.20. The summed E-state index contributed by atoms with van der Waals surface area (Å²) in [5, 5.41) is 0.0195. The van der Waals surface area contributed by atoms with Crippen LogP contribution < -0.4 is 10.2 Å². The molecule has 35 heavy (non-hydrogen) atoms. The van der Waals surface area contributed by atoms with Crippen molar-refractivity contribution in [3.05, 3.63) is 75.3 Å². The maximum absolute atomic E-state index is 14.7. The first-order valence-corrected chi connectivity index (χ1v) is 11.1. The molecule has 0 unspecified atom stereocenters. The molecule has 2 fully saturated rings. The fourth-order valence-corrected chi connectivity index (χ4v) is 5.44. The maximum atomic E-state index is 14.7. The average molecular weight is 497 g/mol. The van der Waals surface area contributed by atoms with Gasteiger partial charge < -0.3 is 14.5 Å². The number of benzene rings is 2. The minimum atomic E-state index is -4.82. The van der Waals surface area contributed by atoms with Crippen LogP contribution >= 0.6 is 0 Å². The van der Waals surface area contributed by atoms with Gasteiger partial charge in [0.15, 0.2) is 22.6 Å². The molecule has 1 saturated carbocycles. The number of halogens is 6. The van der Waals surface area contributed by atoms with Crippen LogP contribution in [0.2, 0.25) is 0 Å². The minimum absolute atomic E-state index is 0.0178. The summed E-state index contributed by atoms with van der Waals surface area (Å²) < 4.78 is 97.3. The molecule has 1 aliphatic carbocycles. The lowest BCUT2D eigenvalue weighted by molar-refractivity contribution is -0.278. The van der Waals surface area contributed by atoms with E-state index >= 15 is 0 Å². The molecule has 0 amide bonds. The van der Waals surface area contributed by atoms with E-state index in [0.717, 1.165) is 32.2 Å². The van der Waals surface area contributed by atoms with Crippen molar-refractivity contribution in [1.82, 2.24) is 4.98 Å². The fraction of sp³-hybridized carbons (Fsp3) is 0.400. The van der Waals surface area contributed by atoms with Crippen molar-refractivity contribution in [3.63, 3.8) is 0 Å². The van der Waals surface area contributed by atoms with Crippen molar-refractivity contribution in [2.75, 3.05) is 7.11 Å². The summed E-state index contributed by atoms with van der Waals surface area (Å²) in [4.78, 5) is 15.5. The number of fused-ring (bicyclic) bond motifs is 1. The van der Waals surface area contributed by atoms with Crippen LogP contribution in [0.5, 0.6) is 5.75 Å². The molecule has 186 valence electrons. The first-order chi connectivity index (χ1) is 16.5. The van der Waals surface area contributed by atoms with Crippen molar-refractivity contribution in [2.24, 2.45) is 11.8 Å². The quantitative estimate of drug-likeness (QED) is 0.440. The van der Waals surface area contributed by atoms with E-state index in [1.165, 1.54) is 18.2 Å². The number of hydrogen-bond donors (Lipinski definition) is 1. The fourth-order valence-electron chi connectivity index (χ4n) is 5.44. The molecule has 0 bridgehead atoms. The normalized spacial score (nSPS) is 26.9. The van der Waals surface area contributed by atoms with Gasteiger partial charge in [-0.1, -0.05) is 12.1 Å². The number of aromatic nitrogens is 1. The summed E-state index contributed by atoms with van der Waals surface area (Å²) in [6, 6.07) is 6.91. The second-order valence-electron chi connectivity index (χ2n) is 9.27. The molecule has 2 aromatic carbocycles. The average Bonchev–Trinajstić information content (AvgIpc) is 3.57. The van der Waals surface area contributed by atoms with Crippen LogP contribution in [0.15, 0.2) is 41.2 Å². The molecule has 1 aromatic heterocycles. The number of nitrogens with one attached hydrogen (secondary N) is 1. The highest BCUT2D eigenvalue weighted by Gasteiger charge is 2.69. The number of methoxy groups -OCH3 is 1. The number of aromatic amines is 1. The molecule has 2 heterocycles. The van der Waals surface area contributed by atoms with Gasteiger partial charge in [0.05, 0.1) is 12.6 Å². The minimum Gasteiger partial charge on any atom is -0.493 e. The predicted octanol–water partition coefficient (Wildman–Crippen LogP) is 6.16. The summed E-state index contributed by atoms with van der Waals surface area (Å²) in [5.41, 5.74) is -3.58. The second-order valence-corrected chi connectivity index (χ2v) is 9.27. The molecule has 0 radical (unpaired) electrons. The highest BCUT2D eigenvalue weighted by Crippen LogP contribution is 2.65. The van der Waals surface area contributed by atoms with E-state index in [0.29, 0.717) is 12.8 Å². The standard InChI is InChI=1S/C25H21F6NO3/c1-24(25(29,30)31)19(11-6-7-11)18(13-8-9-14(26)20(28)22(13)34-2)23(35-24)16-10-17(33)12-4-3-5-15(27)21(12)32-16/h3-5,8-11,18-19,23H,6-7H2,1-2H3,(H,32,33)/t18-,19+,23+,24-/m1/s1. The van der Waals surface area contributed by atoms with Gasteiger partial charge >= 0.3 is 6.18 Å². The van der Waals surface area contributed by atoms with Crippen molar-refractivity contribution < 1.29 is 35.8 Å². The summed E-state index contributed by atoms with van der Waals surface area (Å²) in [6.45, 7) is 0.926. The number of ether oxygens (including phenoxy) is 2. The van der Waals surface area contributed by atoms with Crippen LogP contribution in [0, 0.1) is 29.3 Å². The van der Waals surface area contributed by atoms with Crippen LogP contribution in [-0.4, -0.2) is 23.9 Å². The smallest absolute Gasteiger partial charge is 0.417 e. The molecule has 1 N–H and O–H groups in total. The van der Waals surface area contributed by atoms with E-state index in [-0.39, 0.29) is 22.2 Å². The second kappa shape index (κ2) is 8.01. The van der Waals surface area contributed by atoms with Crippen molar-refractivity contribution in [2.45, 2.75) is 43.6 Å². The molecule has 1 aliphatic heterocycles. The van der Waals surface area contributed by atoms with E-state index in [2.05, 4.69) is 4.98 Å². The Kier molecular flexibility index (Phi) is 5.43. The van der Waals surface area contributed by atoms with Gasteiger partial charge in [0.1, 0.15) is 11.9 Å². The summed E-state index contributed by atoms with van der Waals surface area (Å²) in [7, 11) is 1.09. The molecular weight excluding hydrogens is 476 g/mol. The van der Waals surface area contributed by atoms with Gasteiger partial charge in [-0.2, -0.15) is 17.6 Å². The predicted molar refractivity (Wildman–Crippen MR) is 115 cm³/mol. The first kappa shape index (κ1) is 23.7. The highest BCUT2D eigenvalue weighted by atomic mass is 19.4. The lowest BCUT2D eigenvalue weighted by Gasteiger charge is -2.34. The Bertz CT molecular complexity index is 1370. The lowest BCUT2D eigenvalue weighted by Crippen LogP contribution is -2.48. The number of H-pyrrole nitrogens is 1. The molecule has 3 aromatic rings. The Morgan fingerprint density at radius 1 is 1.09 bits per heavy atom. The van der Waals surface area contributed by atoms with Gasteiger partial charge in [0, 0.05) is 34.5 Å². The van der Waals surface area contributed by atoms with Gasteiger partial charge in [0.2, 0.25) is 5.82 Å². The number of para-hydroxylation sites is 1. The Labute approximate surface area is 195 Å². The molecular formula is C25H21F6NO3. The summed E-state index contributed by atoms with van der Waals surface area (Å²) in [6.07, 6.45) is -5.26. The van der Waals surface area contributed by atoms with Crippen LogP contribution in [0.4, 0.5) is 26.3 Å². The van der Waals surface area contributed by atoms with Gasteiger partial charge in [0.25, 0.3) is 0 Å². The molecule has 5 rings (SSSR count). The van der Waals surface area contributed by atoms with Crippen LogP contribution in [-0.2, 0) is 4.74 Å². The first-order valence-electron chi connectivity index (χ1n) is 11.1. The van der Waals surface area contributed by atoms with Crippen molar-refractivity contribution in [3.8, 4) is 5.75 Å². The zero-order chi connectivity index (χ0) is 25.3. The van der Waals surface area contributed by atoms with E-state index in [1.807, 2.05) is 0 Å². The van der Waals surface area contributed by atoms with E-state index in [4.69, 9.17) is 9.47 Å². The number of rotatable bonds is 4. The van der Waals surface area contributed by atoms with Crippen molar-refractivity contribution >= 4 is 10.9 Å². The SMILES string of the molecule is COc1c([C@H]2[C@H](c3cc(=O)c4cccc(F)c4[nH]3)O[C@@](C)(C(F)(F)F)[C@H]2C2CC2)ccc(F)c1F. The van der Waals surface area contributed by atoms with Gasteiger partial charge in [-0.25, -0.2) is 8.78 Å². The zero-order valence-corrected chi connectivity index (χ0v) is 18.7. The Balaban J connectivity index is 1.78. The molecule has 4 atom stereocenters. The van der Waals surface area contributed by atoms with Crippen LogP contribution in [0.3, 0.4) is 0 Å². The largest absolute Gasteiger partial charge is 0.493 e. The Hall–Kier alpha value is -3.01. The monoisotopic (exact) mass is 497 g/mol. The Morgan fingerprint density at radius 2 is 1.80 bits per heavy atom. The number of pyridine rings is 1. The highest BCUT2D eigenvalue weighted by molar-refractivity contribution is 5.79. The summed E-state index contributed by atoms with van der Waals surface area (Å²) in [5.74, 6) is -6.61. The molecule has 10 heteroatoms. The Morgan fingerprint density at radius 3 is 2.43 bits per heavy atom. The molecule has 1 saturated heterocycles. The maximum Gasteiger partial charge on any atom is 0.417 e. The van der Waals surface area contributed by atoms with Gasteiger partial charge in [-0.15, -0.1) is 0 Å². The zero-order valence-electron chi connectivity index (χ0n) is 18.7. The van der Waals surface area contributed by atoms with E-state index < -0.39 is 64.3 Å². The third kappa shape index (κ3) is 3.61. The lowest BCUT2D eigenvalue weighted by atomic mass is 9.72. The van der Waals surface area contributed by atoms with Crippen LogP contribution in [0.1, 0.15) is 43.0 Å². The number of alkyl halides is 3. The third-order valence-electron chi connectivity index (χ3n) is 7.20. The molecule has 4 nitrogen and oxygen atoms in total. The van der Waals surface area contributed by atoms with Gasteiger partial charge in [-0.05, 0) is 43.9 Å². The molecule has 0 spiro atoms. The molecule has 2 aliphatic rings. The van der Waals surface area contributed by atoms with Crippen LogP contribution in [0.25, 0.3) is 10.9 Å². The van der Waals surface area contributed by atoms with Gasteiger partial charge in [-0.3, -0.25) is 4.79 Å². The number of hydrogen-bond acceptors (Lipinski definition) is 3. The van der Waals surface area contributed by atoms with Crippen molar-refractivity contribution in [1.29, 1.82) is 0 Å². The van der Waals surface area contributed by atoms with E-state index in [9.17, 15) is 31.1 Å². The summed E-state index contributed by atoms with van der Waals surface area (Å²) >= 11 is 0.